The van der Waals surface area contributed by atoms with Crippen molar-refractivity contribution in [1.82, 2.24) is 5.32 Å². The first-order valence-electron chi connectivity index (χ1n) is 8.31. The van der Waals surface area contributed by atoms with Crippen LogP contribution in [0, 0.1) is 29.6 Å². The third kappa shape index (κ3) is 3.24. The molecule has 0 radical (unpaired) electrons. The van der Waals surface area contributed by atoms with Crippen LogP contribution in [0.3, 0.4) is 0 Å². The lowest BCUT2D eigenvalue weighted by Gasteiger charge is -2.44. The van der Waals surface area contributed by atoms with Crippen molar-refractivity contribution >= 4 is 16.0 Å². The average molecular weight is 351 g/mol. The molecule has 3 aliphatic rings. The van der Waals surface area contributed by atoms with Gasteiger partial charge in [-0.1, -0.05) is 19.3 Å². The highest BCUT2D eigenvalue weighted by Crippen LogP contribution is 2.52. The summed E-state index contributed by atoms with van der Waals surface area (Å²) in [6, 6.07) is 0. The van der Waals surface area contributed by atoms with Gasteiger partial charge in [-0.2, -0.15) is 17.2 Å². The lowest BCUT2D eigenvalue weighted by atomic mass is 9.62. The van der Waals surface area contributed by atoms with E-state index < -0.39 is 21.3 Å². The summed E-state index contributed by atoms with van der Waals surface area (Å²) in [7, 11) is -5.73. The van der Waals surface area contributed by atoms with E-state index in [1.165, 1.54) is 32.1 Å². The molecule has 5 atom stereocenters. The monoisotopic (exact) mass is 351 g/mol. The van der Waals surface area contributed by atoms with Crippen LogP contribution in [0.5, 0.6) is 0 Å². The van der Waals surface area contributed by atoms with Crippen LogP contribution in [0.15, 0.2) is 0 Å². The van der Waals surface area contributed by atoms with Crippen molar-refractivity contribution in [1.29, 1.82) is 0 Å². The van der Waals surface area contributed by atoms with Crippen molar-refractivity contribution in [3.05, 3.63) is 0 Å². The van der Waals surface area contributed by atoms with Gasteiger partial charge in [0.05, 0.1) is 0 Å². The SMILES string of the molecule is O=C(NCC1CC2CCC3CCC1C(C3)C2)C(F)(F)S(=O)(=O)O. The summed E-state index contributed by atoms with van der Waals surface area (Å²) < 4.78 is 56.4. The number of fused-ring (bicyclic) bond motifs is 2. The van der Waals surface area contributed by atoms with Crippen LogP contribution in [-0.2, 0) is 14.9 Å². The number of alkyl halides is 2. The molecular weight excluding hydrogens is 328 g/mol. The molecule has 3 rings (SSSR count). The Morgan fingerprint density at radius 3 is 2.39 bits per heavy atom. The normalized spacial score (nSPS) is 37.3. The molecule has 2 N–H and O–H groups in total. The van der Waals surface area contributed by atoms with Gasteiger partial charge >= 0.3 is 21.3 Å². The molecule has 3 saturated carbocycles. The zero-order chi connectivity index (χ0) is 16.8. The maximum atomic E-state index is 13.3. The fraction of sp³-hybridized carbons (Fsp3) is 0.933. The summed E-state index contributed by atoms with van der Waals surface area (Å²) in [6.45, 7) is 0.0618. The summed E-state index contributed by atoms with van der Waals surface area (Å²) in [6.07, 6.45) is 7.95. The van der Waals surface area contributed by atoms with Crippen LogP contribution in [0.25, 0.3) is 0 Å². The summed E-state index contributed by atoms with van der Waals surface area (Å²) in [5.74, 6) is 0.613. The first kappa shape index (κ1) is 17.1. The molecule has 0 spiro atoms. The number of halogens is 2. The van der Waals surface area contributed by atoms with E-state index in [0.29, 0.717) is 17.8 Å². The van der Waals surface area contributed by atoms with Gasteiger partial charge in [-0.15, -0.1) is 0 Å². The first-order valence-corrected chi connectivity index (χ1v) is 9.75. The van der Waals surface area contributed by atoms with Crippen molar-refractivity contribution in [2.75, 3.05) is 6.54 Å². The lowest BCUT2D eigenvalue weighted by molar-refractivity contribution is -0.136. The second kappa shape index (κ2) is 5.95. The second-order valence-corrected chi connectivity index (χ2v) is 8.94. The van der Waals surface area contributed by atoms with Crippen LogP contribution < -0.4 is 5.32 Å². The van der Waals surface area contributed by atoms with Gasteiger partial charge in [0.2, 0.25) is 0 Å². The Kier molecular flexibility index (Phi) is 4.42. The molecule has 132 valence electrons. The van der Waals surface area contributed by atoms with Gasteiger partial charge < -0.3 is 5.32 Å². The molecule has 3 aliphatic carbocycles. The van der Waals surface area contributed by atoms with Crippen molar-refractivity contribution in [3.63, 3.8) is 0 Å². The van der Waals surface area contributed by atoms with Crippen molar-refractivity contribution in [2.24, 2.45) is 29.6 Å². The number of hydrogen-bond acceptors (Lipinski definition) is 3. The predicted octanol–water partition coefficient (Wildman–Crippen LogP) is 2.44. The maximum absolute atomic E-state index is 13.3. The zero-order valence-corrected chi connectivity index (χ0v) is 13.7. The Morgan fingerprint density at radius 1 is 1.09 bits per heavy atom. The van der Waals surface area contributed by atoms with E-state index in [9.17, 15) is 22.0 Å². The Balaban J connectivity index is 1.65. The lowest BCUT2D eigenvalue weighted by Crippen LogP contribution is -2.49. The highest BCUT2D eigenvalue weighted by Gasteiger charge is 2.52. The molecule has 0 aromatic heterocycles. The average Bonchev–Trinajstić information content (AvgIpc) is 2.54. The third-order valence-corrected chi connectivity index (χ3v) is 6.96. The molecule has 0 saturated heterocycles. The molecule has 8 heteroatoms. The van der Waals surface area contributed by atoms with Gasteiger partial charge in [0.1, 0.15) is 0 Å². The molecule has 5 nitrogen and oxygen atoms in total. The molecule has 0 aromatic rings. The van der Waals surface area contributed by atoms with Crippen LogP contribution in [0.1, 0.15) is 44.9 Å². The molecule has 23 heavy (non-hydrogen) atoms. The van der Waals surface area contributed by atoms with E-state index >= 15 is 0 Å². The first-order chi connectivity index (χ1) is 10.7. The van der Waals surface area contributed by atoms with Crippen LogP contribution in [0.2, 0.25) is 0 Å². The second-order valence-electron chi connectivity index (χ2n) is 7.48. The highest BCUT2D eigenvalue weighted by molar-refractivity contribution is 7.87. The number of hydrogen-bond donors (Lipinski definition) is 2. The Morgan fingerprint density at radius 2 is 1.70 bits per heavy atom. The molecular formula is C15H23F2NO4S. The molecule has 3 fully saturated rings. The van der Waals surface area contributed by atoms with Crippen molar-refractivity contribution < 1.29 is 26.5 Å². The zero-order valence-electron chi connectivity index (χ0n) is 12.9. The Labute approximate surface area is 135 Å². The number of nitrogens with one attached hydrogen (secondary N) is 1. The van der Waals surface area contributed by atoms with Crippen LogP contribution in [0.4, 0.5) is 8.78 Å². The smallest absolute Gasteiger partial charge is 0.350 e. The Hall–Kier alpha value is -0.760. The highest BCUT2D eigenvalue weighted by atomic mass is 32.2. The summed E-state index contributed by atoms with van der Waals surface area (Å²) >= 11 is 0. The van der Waals surface area contributed by atoms with E-state index in [1.807, 2.05) is 0 Å². The number of carbonyl (C=O) groups is 1. The van der Waals surface area contributed by atoms with Crippen LogP contribution >= 0.6 is 0 Å². The van der Waals surface area contributed by atoms with E-state index in [-0.39, 0.29) is 12.5 Å². The fourth-order valence-electron chi connectivity index (χ4n) is 5.05. The summed E-state index contributed by atoms with van der Waals surface area (Å²) in [5.41, 5.74) is 0. The molecule has 0 aliphatic heterocycles. The van der Waals surface area contributed by atoms with Crippen LogP contribution in [-0.4, -0.2) is 30.7 Å². The van der Waals surface area contributed by atoms with Crippen molar-refractivity contribution in [3.8, 4) is 0 Å². The largest absolute Gasteiger partial charge is 0.446 e. The minimum absolute atomic E-state index is 0.0618. The minimum Gasteiger partial charge on any atom is -0.350 e. The number of amides is 1. The molecule has 3 bridgehead atoms. The third-order valence-electron chi connectivity index (χ3n) is 6.12. The van der Waals surface area contributed by atoms with Gasteiger partial charge in [-0.3, -0.25) is 9.35 Å². The molecule has 1 amide bonds. The fourth-order valence-corrected chi connectivity index (χ4v) is 5.36. The minimum atomic E-state index is -5.73. The topological polar surface area (TPSA) is 83.5 Å². The Bertz CT molecular complexity index is 578. The van der Waals surface area contributed by atoms with E-state index in [4.69, 9.17) is 4.55 Å². The number of rotatable bonds is 4. The van der Waals surface area contributed by atoms with E-state index in [2.05, 4.69) is 5.32 Å². The summed E-state index contributed by atoms with van der Waals surface area (Å²) in [4.78, 5) is 11.5. The maximum Gasteiger partial charge on any atom is 0.446 e. The quantitative estimate of drug-likeness (QED) is 0.762. The van der Waals surface area contributed by atoms with Gasteiger partial charge in [-0.05, 0) is 55.3 Å². The molecule has 0 aromatic carbocycles. The van der Waals surface area contributed by atoms with E-state index in [0.717, 1.165) is 18.8 Å². The van der Waals surface area contributed by atoms with Gasteiger partial charge in [0.25, 0.3) is 0 Å². The van der Waals surface area contributed by atoms with Gasteiger partial charge in [-0.25, -0.2) is 0 Å². The molecule has 5 unspecified atom stereocenters. The molecule has 0 heterocycles. The van der Waals surface area contributed by atoms with Crippen molar-refractivity contribution in [2.45, 2.75) is 50.2 Å². The summed E-state index contributed by atoms with van der Waals surface area (Å²) in [5, 5.41) is -2.72. The van der Waals surface area contributed by atoms with E-state index in [1.54, 1.807) is 0 Å². The van der Waals surface area contributed by atoms with Gasteiger partial charge in [0, 0.05) is 6.54 Å². The number of carbonyl (C=O) groups excluding carboxylic acids is 1. The standard InChI is InChI=1S/C15H23F2NO4S/c16-15(17,23(20,21)22)14(19)18-8-12-7-10-2-1-9-3-4-13(12)11(5-9)6-10/h9-13H,1-8H2,(H,18,19)(H,20,21,22). The van der Waals surface area contributed by atoms with Gasteiger partial charge in [0.15, 0.2) is 0 Å². The predicted molar refractivity (Wildman–Crippen MR) is 79.3 cm³/mol.